The van der Waals surface area contributed by atoms with Crippen LogP contribution in [0.25, 0.3) is 0 Å². The minimum atomic E-state index is 0.0148. The molecule has 0 saturated carbocycles. The monoisotopic (exact) mass is 263 g/mol. The molecule has 0 amide bonds. The summed E-state index contributed by atoms with van der Waals surface area (Å²) in [6.45, 7) is 8.63. The number of hydrogen-bond acceptors (Lipinski definition) is 4. The summed E-state index contributed by atoms with van der Waals surface area (Å²) in [5.74, 6) is 0.815. The van der Waals surface area contributed by atoms with E-state index in [1.54, 1.807) is 6.20 Å². The summed E-state index contributed by atoms with van der Waals surface area (Å²) < 4.78 is 0. The molecule has 106 valence electrons. The zero-order chi connectivity index (χ0) is 13.9. The average Bonchev–Trinajstić information content (AvgIpc) is 2.47. The molecule has 1 fully saturated rings. The van der Waals surface area contributed by atoms with E-state index in [4.69, 9.17) is 5.11 Å². The van der Waals surface area contributed by atoms with Gasteiger partial charge in [-0.25, -0.2) is 9.97 Å². The minimum absolute atomic E-state index is 0.0148. The zero-order valence-electron chi connectivity index (χ0n) is 12.3. The molecule has 2 rings (SSSR count). The Hall–Kier alpha value is -1.16. The van der Waals surface area contributed by atoms with Gasteiger partial charge in [0.05, 0.1) is 6.61 Å². The van der Waals surface area contributed by atoms with E-state index in [9.17, 15) is 0 Å². The van der Waals surface area contributed by atoms with Crippen molar-refractivity contribution in [3.63, 3.8) is 0 Å². The quantitative estimate of drug-likeness (QED) is 0.907. The van der Waals surface area contributed by atoms with Crippen molar-refractivity contribution in [2.24, 2.45) is 5.41 Å². The summed E-state index contributed by atoms with van der Waals surface area (Å²) in [5.41, 5.74) is 2.23. The van der Waals surface area contributed by atoms with E-state index in [0.717, 1.165) is 30.3 Å². The number of rotatable bonds is 4. The summed E-state index contributed by atoms with van der Waals surface area (Å²) in [4.78, 5) is 11.2. The fourth-order valence-corrected chi connectivity index (χ4v) is 2.93. The fraction of sp³-hybridized carbons (Fsp3) is 0.733. The second-order valence-electron chi connectivity index (χ2n) is 5.63. The van der Waals surface area contributed by atoms with Crippen LogP contribution in [0.4, 0.5) is 5.95 Å². The number of hydrogen-bond donors (Lipinski definition) is 1. The Morgan fingerprint density at radius 3 is 2.37 bits per heavy atom. The van der Waals surface area contributed by atoms with Crippen LogP contribution in [0.3, 0.4) is 0 Å². The van der Waals surface area contributed by atoms with Crippen molar-refractivity contribution in [3.8, 4) is 0 Å². The molecule has 1 N–H and O–H groups in total. The van der Waals surface area contributed by atoms with E-state index >= 15 is 0 Å². The van der Waals surface area contributed by atoms with Crippen LogP contribution in [-0.4, -0.2) is 28.2 Å². The summed E-state index contributed by atoms with van der Waals surface area (Å²) in [5, 5.41) is 9.16. The van der Waals surface area contributed by atoms with Crippen LogP contribution in [0.2, 0.25) is 0 Å². The normalized spacial score (nSPS) is 18.6. The molecule has 1 aromatic rings. The van der Waals surface area contributed by atoms with Gasteiger partial charge in [0.2, 0.25) is 5.95 Å². The van der Waals surface area contributed by atoms with Crippen molar-refractivity contribution in [1.29, 1.82) is 0 Å². The van der Waals surface area contributed by atoms with Crippen molar-refractivity contribution in [1.82, 2.24) is 9.97 Å². The van der Waals surface area contributed by atoms with Gasteiger partial charge in [-0.3, -0.25) is 0 Å². The Morgan fingerprint density at radius 1 is 1.26 bits per heavy atom. The number of aliphatic hydroxyl groups excluding tert-OH is 1. The molecule has 1 aliphatic heterocycles. The van der Waals surface area contributed by atoms with Crippen molar-refractivity contribution in [2.45, 2.75) is 53.1 Å². The molecule has 0 atom stereocenters. The maximum absolute atomic E-state index is 9.16. The molecule has 0 bridgehead atoms. The van der Waals surface area contributed by atoms with Crippen LogP contribution in [0.1, 0.15) is 50.8 Å². The number of aromatic nitrogens is 2. The van der Waals surface area contributed by atoms with Gasteiger partial charge in [-0.1, -0.05) is 26.7 Å². The largest absolute Gasteiger partial charge is 0.392 e. The van der Waals surface area contributed by atoms with E-state index in [0.29, 0.717) is 5.41 Å². The van der Waals surface area contributed by atoms with Crippen molar-refractivity contribution >= 4 is 5.95 Å². The third kappa shape index (κ3) is 2.89. The predicted octanol–water partition coefficient (Wildman–Crippen LogP) is 2.68. The summed E-state index contributed by atoms with van der Waals surface area (Å²) in [7, 11) is 0. The Bertz CT molecular complexity index is 419. The molecule has 0 aliphatic carbocycles. The Kier molecular flexibility index (Phi) is 4.40. The third-order valence-electron chi connectivity index (χ3n) is 4.85. The highest BCUT2D eigenvalue weighted by atomic mass is 16.3. The number of aryl methyl sites for hydroxylation is 1. The fourth-order valence-electron chi connectivity index (χ4n) is 2.93. The molecule has 4 heteroatoms. The highest BCUT2D eigenvalue weighted by Gasteiger charge is 2.31. The first-order valence-electron chi connectivity index (χ1n) is 7.32. The number of nitrogens with zero attached hydrogens (tertiary/aromatic N) is 3. The molecular weight excluding hydrogens is 238 g/mol. The van der Waals surface area contributed by atoms with Crippen LogP contribution in [-0.2, 0) is 6.61 Å². The highest BCUT2D eigenvalue weighted by Crippen LogP contribution is 2.38. The Labute approximate surface area is 115 Å². The van der Waals surface area contributed by atoms with Gasteiger partial charge in [-0.2, -0.15) is 0 Å². The highest BCUT2D eigenvalue weighted by molar-refractivity contribution is 5.33. The lowest BCUT2D eigenvalue weighted by molar-refractivity contribution is 0.198. The summed E-state index contributed by atoms with van der Waals surface area (Å²) >= 11 is 0. The molecule has 0 spiro atoms. The SMILES string of the molecule is CCC1(CC)CCN(c2ncc(CO)c(C)n2)CC1. The van der Waals surface area contributed by atoms with Gasteiger partial charge in [0, 0.05) is 30.5 Å². The Morgan fingerprint density at radius 2 is 1.89 bits per heavy atom. The maximum atomic E-state index is 9.16. The van der Waals surface area contributed by atoms with E-state index in [2.05, 4.69) is 28.7 Å². The van der Waals surface area contributed by atoms with Crippen LogP contribution in [0, 0.1) is 12.3 Å². The van der Waals surface area contributed by atoms with E-state index in [1.165, 1.54) is 25.7 Å². The van der Waals surface area contributed by atoms with Crippen molar-refractivity contribution in [2.75, 3.05) is 18.0 Å². The standard InChI is InChI=1S/C15H25N3O/c1-4-15(5-2)6-8-18(9-7-15)14-16-10-13(11-19)12(3)17-14/h10,19H,4-9,11H2,1-3H3. The number of anilines is 1. The van der Waals surface area contributed by atoms with Gasteiger partial charge >= 0.3 is 0 Å². The van der Waals surface area contributed by atoms with E-state index in [-0.39, 0.29) is 6.61 Å². The van der Waals surface area contributed by atoms with Crippen molar-refractivity contribution < 1.29 is 5.11 Å². The third-order valence-corrected chi connectivity index (χ3v) is 4.85. The summed E-state index contributed by atoms with van der Waals surface area (Å²) in [6, 6.07) is 0. The van der Waals surface area contributed by atoms with Gasteiger partial charge in [0.25, 0.3) is 0 Å². The molecule has 1 saturated heterocycles. The lowest BCUT2D eigenvalue weighted by Crippen LogP contribution is -2.40. The molecule has 1 aromatic heterocycles. The Balaban J connectivity index is 2.07. The lowest BCUT2D eigenvalue weighted by atomic mass is 9.74. The molecule has 0 unspecified atom stereocenters. The molecule has 0 radical (unpaired) electrons. The zero-order valence-corrected chi connectivity index (χ0v) is 12.3. The maximum Gasteiger partial charge on any atom is 0.225 e. The molecule has 19 heavy (non-hydrogen) atoms. The molecule has 4 nitrogen and oxygen atoms in total. The number of aliphatic hydroxyl groups is 1. The smallest absolute Gasteiger partial charge is 0.225 e. The van der Waals surface area contributed by atoms with E-state index in [1.807, 2.05) is 6.92 Å². The molecular formula is C15H25N3O. The van der Waals surface area contributed by atoms with Crippen LogP contribution >= 0.6 is 0 Å². The van der Waals surface area contributed by atoms with Gasteiger partial charge in [0.15, 0.2) is 0 Å². The second kappa shape index (κ2) is 5.87. The van der Waals surface area contributed by atoms with Gasteiger partial charge < -0.3 is 10.0 Å². The predicted molar refractivity (Wildman–Crippen MR) is 77.2 cm³/mol. The first kappa shape index (κ1) is 14.3. The minimum Gasteiger partial charge on any atom is -0.392 e. The first-order chi connectivity index (χ1) is 9.14. The van der Waals surface area contributed by atoms with Gasteiger partial charge in [-0.05, 0) is 25.2 Å². The van der Waals surface area contributed by atoms with Gasteiger partial charge in [-0.15, -0.1) is 0 Å². The molecule has 1 aliphatic rings. The lowest BCUT2D eigenvalue weighted by Gasteiger charge is -2.41. The first-order valence-corrected chi connectivity index (χ1v) is 7.32. The van der Waals surface area contributed by atoms with Crippen molar-refractivity contribution in [3.05, 3.63) is 17.5 Å². The number of piperidine rings is 1. The topological polar surface area (TPSA) is 49.2 Å². The van der Waals surface area contributed by atoms with E-state index < -0.39 is 0 Å². The second-order valence-corrected chi connectivity index (χ2v) is 5.63. The molecule has 0 aromatic carbocycles. The molecule has 2 heterocycles. The van der Waals surface area contributed by atoms with Crippen LogP contribution in [0.15, 0.2) is 6.20 Å². The average molecular weight is 263 g/mol. The van der Waals surface area contributed by atoms with Gasteiger partial charge in [0.1, 0.15) is 0 Å². The van der Waals surface area contributed by atoms with Crippen LogP contribution in [0.5, 0.6) is 0 Å². The summed E-state index contributed by atoms with van der Waals surface area (Å²) in [6.07, 6.45) is 6.73. The van der Waals surface area contributed by atoms with Crippen LogP contribution < -0.4 is 4.90 Å².